The van der Waals surface area contributed by atoms with Crippen molar-refractivity contribution >= 4 is 11.8 Å². The quantitative estimate of drug-likeness (QED) is 0.850. The zero-order valence-corrected chi connectivity index (χ0v) is 11.7. The largest absolute Gasteiger partial charge is 0.478 e. The van der Waals surface area contributed by atoms with Gasteiger partial charge in [-0.3, -0.25) is 0 Å². The summed E-state index contributed by atoms with van der Waals surface area (Å²) in [6, 6.07) is 4.01. The first-order valence-corrected chi connectivity index (χ1v) is 7.03. The molecule has 1 aliphatic carbocycles. The van der Waals surface area contributed by atoms with Gasteiger partial charge >= 0.3 is 5.97 Å². The van der Waals surface area contributed by atoms with E-state index in [0.29, 0.717) is 11.7 Å². The van der Waals surface area contributed by atoms with Gasteiger partial charge in [-0.25, -0.2) is 9.78 Å². The third-order valence-corrected chi connectivity index (χ3v) is 4.04. The highest BCUT2D eigenvalue weighted by atomic mass is 16.4. The molecule has 0 amide bonds. The third-order valence-electron chi connectivity index (χ3n) is 4.04. The molecule has 0 unspecified atom stereocenters. The van der Waals surface area contributed by atoms with Gasteiger partial charge in [-0.1, -0.05) is 25.7 Å². The zero-order valence-electron chi connectivity index (χ0n) is 11.7. The lowest BCUT2D eigenvalue weighted by atomic mass is 10.1. The van der Waals surface area contributed by atoms with Crippen LogP contribution in [0.4, 0.5) is 5.82 Å². The minimum Gasteiger partial charge on any atom is -0.478 e. The first kappa shape index (κ1) is 13.8. The van der Waals surface area contributed by atoms with Crippen LogP contribution in [0.2, 0.25) is 0 Å². The molecule has 0 saturated heterocycles. The highest BCUT2D eigenvalue weighted by Crippen LogP contribution is 2.25. The van der Waals surface area contributed by atoms with Gasteiger partial charge in [-0.2, -0.15) is 0 Å². The first-order chi connectivity index (χ1) is 9.09. The second-order valence-corrected chi connectivity index (χ2v) is 5.36. The molecule has 19 heavy (non-hydrogen) atoms. The van der Waals surface area contributed by atoms with Crippen LogP contribution in [0.3, 0.4) is 0 Å². The van der Waals surface area contributed by atoms with Gasteiger partial charge in [0.2, 0.25) is 0 Å². The van der Waals surface area contributed by atoms with E-state index >= 15 is 0 Å². The van der Waals surface area contributed by atoms with E-state index in [2.05, 4.69) is 16.9 Å². The van der Waals surface area contributed by atoms with E-state index in [-0.39, 0.29) is 5.56 Å². The Morgan fingerprint density at radius 2 is 1.89 bits per heavy atom. The molecule has 1 aliphatic rings. The number of hydrogen-bond acceptors (Lipinski definition) is 3. The number of aryl methyl sites for hydroxylation is 1. The predicted molar refractivity (Wildman–Crippen MR) is 75.8 cm³/mol. The Morgan fingerprint density at radius 1 is 1.26 bits per heavy atom. The van der Waals surface area contributed by atoms with Gasteiger partial charge in [0.25, 0.3) is 0 Å². The summed E-state index contributed by atoms with van der Waals surface area (Å²) in [5.74, 6) is -0.0249. The number of nitrogens with zero attached hydrogens (tertiary/aromatic N) is 2. The van der Waals surface area contributed by atoms with Crippen LogP contribution >= 0.6 is 0 Å². The highest BCUT2D eigenvalue weighted by Gasteiger charge is 2.19. The molecular weight excluding hydrogens is 240 g/mol. The summed E-state index contributed by atoms with van der Waals surface area (Å²) in [6.07, 6.45) is 7.63. The maximum Gasteiger partial charge on any atom is 0.337 e. The van der Waals surface area contributed by atoms with Crippen molar-refractivity contribution in [2.24, 2.45) is 0 Å². The molecule has 4 heteroatoms. The fourth-order valence-electron chi connectivity index (χ4n) is 2.80. The summed E-state index contributed by atoms with van der Waals surface area (Å²) in [5.41, 5.74) is 0.878. The molecule has 0 aromatic carbocycles. The van der Waals surface area contributed by atoms with Crippen molar-refractivity contribution in [3.8, 4) is 0 Å². The van der Waals surface area contributed by atoms with Crippen molar-refractivity contribution in [1.29, 1.82) is 0 Å². The van der Waals surface area contributed by atoms with Gasteiger partial charge in [-0.05, 0) is 31.9 Å². The third kappa shape index (κ3) is 3.25. The van der Waals surface area contributed by atoms with E-state index in [1.165, 1.54) is 38.5 Å². The standard InChI is InChI=1S/C15H22N2O2/c1-11-13(15(18)19)9-10-14(16-11)17(2)12-7-5-3-4-6-8-12/h9-10,12H,3-8H2,1-2H3,(H,18,19). The normalized spacial score (nSPS) is 16.9. The van der Waals surface area contributed by atoms with Crippen molar-refractivity contribution in [1.82, 2.24) is 4.98 Å². The molecule has 1 N–H and O–H groups in total. The molecule has 0 atom stereocenters. The minimum atomic E-state index is -0.909. The number of aromatic nitrogens is 1. The predicted octanol–water partition coefficient (Wildman–Crippen LogP) is 3.25. The summed E-state index contributed by atoms with van der Waals surface area (Å²) < 4.78 is 0. The number of rotatable bonds is 3. The lowest BCUT2D eigenvalue weighted by Crippen LogP contribution is -2.32. The Balaban J connectivity index is 2.16. The molecule has 0 bridgehead atoms. The lowest BCUT2D eigenvalue weighted by Gasteiger charge is -2.28. The van der Waals surface area contributed by atoms with Gasteiger partial charge < -0.3 is 10.0 Å². The topological polar surface area (TPSA) is 53.4 Å². The van der Waals surface area contributed by atoms with Gasteiger partial charge in [0.05, 0.1) is 11.3 Å². The fraction of sp³-hybridized carbons (Fsp3) is 0.600. The average Bonchev–Trinajstić information content (AvgIpc) is 2.66. The van der Waals surface area contributed by atoms with Crippen molar-refractivity contribution in [3.63, 3.8) is 0 Å². The van der Waals surface area contributed by atoms with E-state index < -0.39 is 5.97 Å². The monoisotopic (exact) mass is 262 g/mol. The lowest BCUT2D eigenvalue weighted by molar-refractivity contribution is 0.0695. The maximum atomic E-state index is 11.0. The highest BCUT2D eigenvalue weighted by molar-refractivity contribution is 5.89. The second-order valence-electron chi connectivity index (χ2n) is 5.36. The molecule has 1 fully saturated rings. The molecular formula is C15H22N2O2. The van der Waals surface area contributed by atoms with E-state index in [1.807, 2.05) is 6.07 Å². The summed E-state index contributed by atoms with van der Waals surface area (Å²) in [4.78, 5) is 17.7. The Labute approximate surface area is 114 Å². The molecule has 0 radical (unpaired) electrons. The Kier molecular flexibility index (Phi) is 4.40. The van der Waals surface area contributed by atoms with Crippen molar-refractivity contribution in [2.45, 2.75) is 51.5 Å². The zero-order chi connectivity index (χ0) is 13.8. The SMILES string of the molecule is Cc1nc(N(C)C2CCCCCC2)ccc1C(=O)O. The molecule has 1 saturated carbocycles. The molecule has 1 aromatic rings. The number of carbonyl (C=O) groups is 1. The van der Waals surface area contributed by atoms with E-state index in [9.17, 15) is 4.79 Å². The number of anilines is 1. The van der Waals surface area contributed by atoms with Crippen LogP contribution in [0, 0.1) is 6.92 Å². The maximum absolute atomic E-state index is 11.0. The Hall–Kier alpha value is -1.58. The Bertz CT molecular complexity index is 451. The van der Waals surface area contributed by atoms with Gasteiger partial charge in [0, 0.05) is 13.1 Å². The van der Waals surface area contributed by atoms with Crippen LogP contribution in [-0.2, 0) is 0 Å². The van der Waals surface area contributed by atoms with Crippen LogP contribution in [0.5, 0.6) is 0 Å². The molecule has 1 heterocycles. The molecule has 4 nitrogen and oxygen atoms in total. The smallest absolute Gasteiger partial charge is 0.337 e. The van der Waals surface area contributed by atoms with Gasteiger partial charge in [-0.15, -0.1) is 0 Å². The van der Waals surface area contributed by atoms with Crippen molar-refractivity contribution in [3.05, 3.63) is 23.4 Å². The van der Waals surface area contributed by atoms with Crippen molar-refractivity contribution in [2.75, 3.05) is 11.9 Å². The Morgan fingerprint density at radius 3 is 2.42 bits per heavy atom. The summed E-state index contributed by atoms with van der Waals surface area (Å²) >= 11 is 0. The van der Waals surface area contributed by atoms with Gasteiger partial charge in [0.1, 0.15) is 5.82 Å². The summed E-state index contributed by atoms with van der Waals surface area (Å²) in [7, 11) is 2.07. The average molecular weight is 262 g/mol. The van der Waals surface area contributed by atoms with Crippen LogP contribution in [0.25, 0.3) is 0 Å². The number of hydrogen-bond donors (Lipinski definition) is 1. The molecule has 0 spiro atoms. The summed E-state index contributed by atoms with van der Waals surface area (Å²) in [5, 5.41) is 9.03. The first-order valence-electron chi connectivity index (χ1n) is 7.03. The summed E-state index contributed by atoms with van der Waals surface area (Å²) in [6.45, 7) is 1.76. The van der Waals surface area contributed by atoms with E-state index in [1.54, 1.807) is 13.0 Å². The minimum absolute atomic E-state index is 0.290. The molecule has 104 valence electrons. The number of carboxylic acids is 1. The van der Waals surface area contributed by atoms with E-state index in [4.69, 9.17) is 5.11 Å². The number of pyridine rings is 1. The molecule has 1 aromatic heterocycles. The van der Waals surface area contributed by atoms with E-state index in [0.717, 1.165) is 5.82 Å². The number of aromatic carboxylic acids is 1. The molecule has 2 rings (SSSR count). The van der Waals surface area contributed by atoms with Crippen LogP contribution in [-0.4, -0.2) is 29.1 Å². The van der Waals surface area contributed by atoms with Crippen LogP contribution in [0.15, 0.2) is 12.1 Å². The number of carboxylic acid groups (broad SMARTS) is 1. The molecule has 0 aliphatic heterocycles. The fourth-order valence-corrected chi connectivity index (χ4v) is 2.80. The van der Waals surface area contributed by atoms with Crippen LogP contribution in [0.1, 0.15) is 54.6 Å². The van der Waals surface area contributed by atoms with Crippen molar-refractivity contribution < 1.29 is 9.90 Å². The van der Waals surface area contributed by atoms with Crippen LogP contribution < -0.4 is 4.90 Å². The van der Waals surface area contributed by atoms with Gasteiger partial charge in [0.15, 0.2) is 0 Å². The second kappa shape index (κ2) is 6.04.